The molecule has 3 heterocycles. The number of halogens is 3. The van der Waals surface area contributed by atoms with Gasteiger partial charge in [0.05, 0.1) is 21.8 Å². The number of likely N-dealkylation sites (N-methyl/N-ethyl adjacent to an activating group) is 1. The average Bonchev–Trinajstić information content (AvgIpc) is 3.43. The van der Waals surface area contributed by atoms with Gasteiger partial charge in [-0.2, -0.15) is 4.39 Å². The lowest BCUT2D eigenvalue weighted by Crippen LogP contribution is -2.47. The van der Waals surface area contributed by atoms with Gasteiger partial charge in [0.25, 0.3) is 5.91 Å². The van der Waals surface area contributed by atoms with E-state index in [0.717, 1.165) is 31.5 Å². The molecule has 0 aliphatic carbocycles. The average molecular weight is 557 g/mol. The fourth-order valence-electron chi connectivity index (χ4n) is 4.94. The molecule has 2 aromatic carbocycles. The number of aromatic nitrogens is 1. The number of anilines is 1. The lowest BCUT2D eigenvalue weighted by atomic mass is 10.00. The van der Waals surface area contributed by atoms with Gasteiger partial charge < -0.3 is 14.5 Å². The normalized spacial score (nSPS) is 16.2. The molecule has 0 N–H and O–H groups in total. The fourth-order valence-corrected chi connectivity index (χ4v) is 5.25. The van der Waals surface area contributed by atoms with E-state index < -0.39 is 5.95 Å². The summed E-state index contributed by atoms with van der Waals surface area (Å²) < 4.78 is 19.7. The number of hydrogen-bond acceptors (Lipinski definition) is 5. The van der Waals surface area contributed by atoms with Gasteiger partial charge >= 0.3 is 0 Å². The molecule has 0 spiro atoms. The molecule has 1 unspecified atom stereocenters. The van der Waals surface area contributed by atoms with E-state index in [-0.39, 0.29) is 36.0 Å². The zero-order chi connectivity index (χ0) is 26.8. The van der Waals surface area contributed by atoms with E-state index >= 15 is 0 Å². The quantitative estimate of drug-likeness (QED) is 0.373. The van der Waals surface area contributed by atoms with Crippen LogP contribution in [0.5, 0.6) is 5.75 Å². The van der Waals surface area contributed by atoms with Crippen molar-refractivity contribution in [2.45, 2.75) is 18.9 Å². The highest BCUT2D eigenvalue weighted by atomic mass is 35.5. The second kappa shape index (κ2) is 11.3. The number of amides is 2. The zero-order valence-corrected chi connectivity index (χ0v) is 22.4. The number of pyridine rings is 1. The van der Waals surface area contributed by atoms with Crippen LogP contribution in [-0.4, -0.2) is 66.4 Å². The van der Waals surface area contributed by atoms with E-state index in [0.29, 0.717) is 34.1 Å². The summed E-state index contributed by atoms with van der Waals surface area (Å²) in [7, 11) is 1.75. The summed E-state index contributed by atoms with van der Waals surface area (Å²) >= 11 is 12.3. The van der Waals surface area contributed by atoms with Crippen LogP contribution in [0.25, 0.3) is 11.1 Å². The Morgan fingerprint density at radius 2 is 1.84 bits per heavy atom. The van der Waals surface area contributed by atoms with Gasteiger partial charge in [0, 0.05) is 31.4 Å². The van der Waals surface area contributed by atoms with Crippen molar-refractivity contribution in [3.63, 3.8) is 0 Å². The van der Waals surface area contributed by atoms with Crippen molar-refractivity contribution >= 4 is 40.7 Å². The van der Waals surface area contributed by atoms with Crippen LogP contribution in [0.2, 0.25) is 10.0 Å². The minimum absolute atomic E-state index is 0.168. The topological polar surface area (TPSA) is 66.0 Å². The number of benzene rings is 2. The van der Waals surface area contributed by atoms with E-state index in [1.54, 1.807) is 36.2 Å². The molecule has 0 radical (unpaired) electrons. The van der Waals surface area contributed by atoms with Crippen molar-refractivity contribution in [2.75, 3.05) is 44.7 Å². The molecule has 2 aliphatic rings. The molecule has 198 valence electrons. The third-order valence-electron chi connectivity index (χ3n) is 7.09. The predicted octanol–water partition coefficient (Wildman–Crippen LogP) is 5.22. The molecule has 1 atom stereocenters. The second-order valence-corrected chi connectivity index (χ2v) is 10.3. The number of likely N-dealkylation sites (tertiary alicyclic amines) is 1. The SMILES string of the molecule is CN(C(=O)CN1C(=O)COc2cc(Cl)c(Cl)cc21)C(CN1CCCC1)c1ccc(-c2cccnc2F)cc1. The summed E-state index contributed by atoms with van der Waals surface area (Å²) in [6.07, 6.45) is 3.65. The van der Waals surface area contributed by atoms with Gasteiger partial charge in [0.1, 0.15) is 12.3 Å². The smallest absolute Gasteiger partial charge is 0.265 e. The van der Waals surface area contributed by atoms with Crippen LogP contribution in [0.15, 0.2) is 54.7 Å². The van der Waals surface area contributed by atoms with Gasteiger partial charge in [-0.1, -0.05) is 47.5 Å². The van der Waals surface area contributed by atoms with Crippen LogP contribution in [0.3, 0.4) is 0 Å². The molecule has 38 heavy (non-hydrogen) atoms. The highest BCUT2D eigenvalue weighted by molar-refractivity contribution is 6.42. The Labute approximate surface area is 230 Å². The maximum absolute atomic E-state index is 14.2. The van der Waals surface area contributed by atoms with Crippen molar-refractivity contribution < 1.29 is 18.7 Å². The van der Waals surface area contributed by atoms with Crippen molar-refractivity contribution in [3.05, 3.63) is 76.3 Å². The van der Waals surface area contributed by atoms with Crippen LogP contribution in [0.1, 0.15) is 24.4 Å². The third kappa shape index (κ3) is 5.48. The molecule has 5 rings (SSSR count). The molecule has 0 bridgehead atoms. The Morgan fingerprint density at radius 1 is 1.13 bits per heavy atom. The Balaban J connectivity index is 1.40. The number of rotatable bonds is 7. The first kappa shape index (κ1) is 26.4. The van der Waals surface area contributed by atoms with Crippen LogP contribution in [-0.2, 0) is 9.59 Å². The Bertz CT molecular complexity index is 1350. The Morgan fingerprint density at radius 3 is 2.55 bits per heavy atom. The number of carbonyl (C=O) groups excluding carboxylic acids is 2. The number of fused-ring (bicyclic) bond motifs is 1. The maximum atomic E-state index is 14.2. The van der Waals surface area contributed by atoms with E-state index in [1.165, 1.54) is 11.1 Å². The van der Waals surface area contributed by atoms with Gasteiger partial charge in [-0.05, 0) is 55.3 Å². The fraction of sp³-hybridized carbons (Fsp3) is 0.321. The minimum Gasteiger partial charge on any atom is -0.482 e. The molecule has 7 nitrogen and oxygen atoms in total. The molecule has 1 fully saturated rings. The summed E-state index contributed by atoms with van der Waals surface area (Å²) in [5.74, 6) is -0.695. The highest BCUT2D eigenvalue weighted by Gasteiger charge is 2.32. The molecule has 1 saturated heterocycles. The zero-order valence-electron chi connectivity index (χ0n) is 20.9. The van der Waals surface area contributed by atoms with Crippen LogP contribution < -0.4 is 9.64 Å². The van der Waals surface area contributed by atoms with Gasteiger partial charge in [-0.15, -0.1) is 0 Å². The number of hydrogen-bond donors (Lipinski definition) is 0. The van der Waals surface area contributed by atoms with E-state index in [2.05, 4.69) is 9.88 Å². The first-order valence-electron chi connectivity index (χ1n) is 12.4. The summed E-state index contributed by atoms with van der Waals surface area (Å²) in [6.45, 7) is 2.22. The molecule has 10 heteroatoms. The molecule has 3 aromatic rings. The lowest BCUT2D eigenvalue weighted by Gasteiger charge is -2.35. The number of ether oxygens (including phenoxy) is 1. The van der Waals surface area contributed by atoms with Crippen molar-refractivity contribution in [1.29, 1.82) is 0 Å². The largest absolute Gasteiger partial charge is 0.482 e. The van der Waals surface area contributed by atoms with Crippen molar-refractivity contribution in [1.82, 2.24) is 14.8 Å². The second-order valence-electron chi connectivity index (χ2n) is 9.49. The number of nitrogens with zero attached hydrogens (tertiary/aromatic N) is 4. The van der Waals surface area contributed by atoms with Gasteiger partial charge in [0.15, 0.2) is 6.61 Å². The monoisotopic (exact) mass is 556 g/mol. The van der Waals surface area contributed by atoms with E-state index in [9.17, 15) is 14.0 Å². The van der Waals surface area contributed by atoms with Crippen LogP contribution in [0, 0.1) is 5.95 Å². The summed E-state index contributed by atoms with van der Waals surface area (Å²) in [6, 6.07) is 13.7. The minimum atomic E-state index is -0.530. The number of carbonyl (C=O) groups is 2. The summed E-state index contributed by atoms with van der Waals surface area (Å²) in [5, 5.41) is 0.579. The molecule has 1 aromatic heterocycles. The maximum Gasteiger partial charge on any atom is 0.265 e. The lowest BCUT2D eigenvalue weighted by molar-refractivity contribution is -0.133. The third-order valence-corrected chi connectivity index (χ3v) is 7.82. The van der Waals surface area contributed by atoms with E-state index in [1.807, 2.05) is 24.3 Å². The molecule has 0 saturated carbocycles. The highest BCUT2D eigenvalue weighted by Crippen LogP contribution is 2.39. The predicted molar refractivity (Wildman–Crippen MR) is 145 cm³/mol. The molecular formula is C28H27Cl2FN4O3. The van der Waals surface area contributed by atoms with Crippen LogP contribution >= 0.6 is 23.2 Å². The first-order chi connectivity index (χ1) is 18.3. The summed E-state index contributed by atoms with van der Waals surface area (Å²) in [4.78, 5) is 35.5. The summed E-state index contributed by atoms with van der Waals surface area (Å²) in [5.41, 5.74) is 2.46. The standard InChI is InChI=1S/C28H27Cl2FN4O3/c1-33(26(36)16-35-23-13-21(29)22(30)14-25(23)38-17-27(35)37)24(15-34-11-2-3-12-34)19-8-6-18(7-9-19)20-5-4-10-32-28(20)31/h4-10,13-14,24H,2-3,11-12,15-17H2,1H3. The van der Waals surface area contributed by atoms with Crippen molar-refractivity contribution in [3.8, 4) is 16.9 Å². The molecule has 2 amide bonds. The first-order valence-corrected chi connectivity index (χ1v) is 13.2. The van der Waals surface area contributed by atoms with Crippen molar-refractivity contribution in [2.24, 2.45) is 0 Å². The molecular weight excluding hydrogens is 530 g/mol. The van der Waals surface area contributed by atoms with Gasteiger partial charge in [-0.25, -0.2) is 4.98 Å². The Hall–Kier alpha value is -3.20. The Kier molecular flexibility index (Phi) is 7.83. The molecule has 2 aliphatic heterocycles. The van der Waals surface area contributed by atoms with E-state index in [4.69, 9.17) is 27.9 Å². The van der Waals surface area contributed by atoms with Gasteiger partial charge in [0.2, 0.25) is 11.9 Å². The van der Waals surface area contributed by atoms with Gasteiger partial charge in [-0.3, -0.25) is 14.5 Å². The van der Waals surface area contributed by atoms with Crippen LogP contribution in [0.4, 0.5) is 10.1 Å².